The Hall–Kier alpha value is -2.89. The van der Waals surface area contributed by atoms with Gasteiger partial charge in [-0.3, -0.25) is 9.78 Å². The molecule has 0 aliphatic rings. The SMILES string of the molecule is COC(=O)c1ccccc1NCCC(=O)NCc1ccncc1. The maximum atomic E-state index is 11.8. The fraction of sp³-hybridized carbons (Fsp3) is 0.235. The maximum absolute atomic E-state index is 11.8. The monoisotopic (exact) mass is 313 g/mol. The van der Waals surface area contributed by atoms with Gasteiger partial charge in [0.25, 0.3) is 0 Å². The largest absolute Gasteiger partial charge is 0.465 e. The van der Waals surface area contributed by atoms with Crippen LogP contribution >= 0.6 is 0 Å². The summed E-state index contributed by atoms with van der Waals surface area (Å²) in [4.78, 5) is 27.4. The van der Waals surface area contributed by atoms with Crippen molar-refractivity contribution in [2.45, 2.75) is 13.0 Å². The average molecular weight is 313 g/mol. The first kappa shape index (κ1) is 16.5. The number of nitrogens with zero attached hydrogens (tertiary/aromatic N) is 1. The number of methoxy groups -OCH3 is 1. The molecule has 0 spiro atoms. The number of hydrogen-bond donors (Lipinski definition) is 2. The highest BCUT2D eigenvalue weighted by Gasteiger charge is 2.10. The number of benzene rings is 1. The number of amides is 1. The Bertz CT molecular complexity index is 659. The number of para-hydroxylation sites is 1. The first-order chi connectivity index (χ1) is 11.2. The first-order valence-electron chi connectivity index (χ1n) is 7.27. The molecule has 1 amide bonds. The molecule has 0 bridgehead atoms. The number of pyridine rings is 1. The molecule has 120 valence electrons. The van der Waals surface area contributed by atoms with E-state index in [1.807, 2.05) is 18.2 Å². The number of nitrogens with one attached hydrogen (secondary N) is 2. The number of aromatic nitrogens is 1. The number of hydrogen-bond acceptors (Lipinski definition) is 5. The summed E-state index contributed by atoms with van der Waals surface area (Å²) >= 11 is 0. The number of carbonyl (C=O) groups is 2. The second-order valence-electron chi connectivity index (χ2n) is 4.85. The number of ether oxygens (including phenoxy) is 1. The van der Waals surface area contributed by atoms with Crippen molar-refractivity contribution in [3.8, 4) is 0 Å². The van der Waals surface area contributed by atoms with Crippen molar-refractivity contribution < 1.29 is 14.3 Å². The highest BCUT2D eigenvalue weighted by atomic mass is 16.5. The van der Waals surface area contributed by atoms with Crippen LogP contribution in [0.5, 0.6) is 0 Å². The Morgan fingerprint density at radius 2 is 1.87 bits per heavy atom. The van der Waals surface area contributed by atoms with Crippen molar-refractivity contribution in [1.82, 2.24) is 10.3 Å². The van der Waals surface area contributed by atoms with Crippen molar-refractivity contribution in [3.05, 3.63) is 59.9 Å². The van der Waals surface area contributed by atoms with Crippen LogP contribution in [0.2, 0.25) is 0 Å². The zero-order chi connectivity index (χ0) is 16.5. The number of rotatable bonds is 7. The molecule has 0 aliphatic heterocycles. The normalized spacial score (nSPS) is 9.96. The minimum Gasteiger partial charge on any atom is -0.465 e. The third-order valence-electron chi connectivity index (χ3n) is 3.24. The van der Waals surface area contributed by atoms with Crippen LogP contribution in [0.3, 0.4) is 0 Å². The van der Waals surface area contributed by atoms with Crippen LogP contribution in [-0.2, 0) is 16.1 Å². The van der Waals surface area contributed by atoms with Crippen LogP contribution < -0.4 is 10.6 Å². The molecule has 23 heavy (non-hydrogen) atoms. The van der Waals surface area contributed by atoms with Gasteiger partial charge in [-0.1, -0.05) is 12.1 Å². The van der Waals surface area contributed by atoms with E-state index in [1.165, 1.54) is 7.11 Å². The smallest absolute Gasteiger partial charge is 0.339 e. The number of anilines is 1. The van der Waals surface area contributed by atoms with Gasteiger partial charge in [0, 0.05) is 37.6 Å². The number of carbonyl (C=O) groups excluding carboxylic acids is 2. The van der Waals surface area contributed by atoms with Gasteiger partial charge in [-0.05, 0) is 29.8 Å². The van der Waals surface area contributed by atoms with Crippen molar-refractivity contribution >= 4 is 17.6 Å². The van der Waals surface area contributed by atoms with E-state index < -0.39 is 5.97 Å². The van der Waals surface area contributed by atoms with Crippen LogP contribution in [0, 0.1) is 0 Å². The van der Waals surface area contributed by atoms with Gasteiger partial charge in [-0.2, -0.15) is 0 Å². The van der Waals surface area contributed by atoms with Crippen LogP contribution in [0.25, 0.3) is 0 Å². The number of esters is 1. The van der Waals surface area contributed by atoms with Gasteiger partial charge in [-0.15, -0.1) is 0 Å². The second kappa shape index (κ2) is 8.53. The average Bonchev–Trinajstić information content (AvgIpc) is 2.60. The zero-order valence-corrected chi connectivity index (χ0v) is 12.9. The van der Waals surface area contributed by atoms with E-state index in [-0.39, 0.29) is 5.91 Å². The third-order valence-corrected chi connectivity index (χ3v) is 3.24. The fourth-order valence-corrected chi connectivity index (χ4v) is 2.03. The van der Waals surface area contributed by atoms with Crippen LogP contribution in [-0.4, -0.2) is 30.5 Å². The van der Waals surface area contributed by atoms with Crippen LogP contribution in [0.1, 0.15) is 22.3 Å². The van der Waals surface area contributed by atoms with Gasteiger partial charge in [0.15, 0.2) is 0 Å². The minimum atomic E-state index is -0.407. The molecule has 6 heteroatoms. The van der Waals surface area contributed by atoms with Gasteiger partial charge in [0.05, 0.1) is 12.7 Å². The fourth-order valence-electron chi connectivity index (χ4n) is 2.03. The van der Waals surface area contributed by atoms with Gasteiger partial charge >= 0.3 is 5.97 Å². The second-order valence-corrected chi connectivity index (χ2v) is 4.85. The molecule has 0 aliphatic carbocycles. The van der Waals surface area contributed by atoms with Crippen molar-refractivity contribution in [3.63, 3.8) is 0 Å². The lowest BCUT2D eigenvalue weighted by molar-refractivity contribution is -0.121. The summed E-state index contributed by atoms with van der Waals surface area (Å²) < 4.78 is 4.73. The molecular formula is C17H19N3O3. The Balaban J connectivity index is 1.79. The maximum Gasteiger partial charge on any atom is 0.339 e. The molecule has 0 radical (unpaired) electrons. The quantitative estimate of drug-likeness (QED) is 0.764. The van der Waals surface area contributed by atoms with E-state index in [0.717, 1.165) is 5.56 Å². The lowest BCUT2D eigenvalue weighted by Gasteiger charge is -2.10. The molecule has 0 fully saturated rings. The van der Waals surface area contributed by atoms with Crippen LogP contribution in [0.15, 0.2) is 48.8 Å². The molecule has 0 unspecified atom stereocenters. The van der Waals surface area contributed by atoms with E-state index in [4.69, 9.17) is 4.74 Å². The summed E-state index contributed by atoms with van der Waals surface area (Å²) in [6, 6.07) is 10.7. The van der Waals surface area contributed by atoms with Crippen LogP contribution in [0.4, 0.5) is 5.69 Å². The standard InChI is InChI=1S/C17H19N3O3/c1-23-17(22)14-4-2-3-5-15(14)19-11-8-16(21)20-12-13-6-9-18-10-7-13/h2-7,9-10,19H,8,11-12H2,1H3,(H,20,21). The molecule has 2 aromatic rings. The molecule has 2 N–H and O–H groups in total. The van der Waals surface area contributed by atoms with Crippen molar-refractivity contribution in [2.24, 2.45) is 0 Å². The Morgan fingerprint density at radius 1 is 1.13 bits per heavy atom. The van der Waals surface area contributed by atoms with E-state index in [0.29, 0.717) is 30.8 Å². The zero-order valence-electron chi connectivity index (χ0n) is 12.9. The van der Waals surface area contributed by atoms with E-state index in [2.05, 4.69) is 15.6 Å². The summed E-state index contributed by atoms with van der Waals surface area (Å²) in [5, 5.41) is 5.92. The lowest BCUT2D eigenvalue weighted by Crippen LogP contribution is -2.25. The summed E-state index contributed by atoms with van der Waals surface area (Å²) in [6.45, 7) is 0.899. The molecule has 1 heterocycles. The van der Waals surface area contributed by atoms with Crippen molar-refractivity contribution in [1.29, 1.82) is 0 Å². The molecule has 2 rings (SSSR count). The Kier molecular flexibility index (Phi) is 6.11. The molecule has 1 aromatic heterocycles. The molecule has 0 saturated heterocycles. The van der Waals surface area contributed by atoms with Crippen molar-refractivity contribution in [2.75, 3.05) is 19.0 Å². The van der Waals surface area contributed by atoms with E-state index >= 15 is 0 Å². The molecule has 6 nitrogen and oxygen atoms in total. The van der Waals surface area contributed by atoms with Gasteiger partial charge < -0.3 is 15.4 Å². The first-order valence-corrected chi connectivity index (χ1v) is 7.27. The summed E-state index contributed by atoms with van der Waals surface area (Å²) in [5.41, 5.74) is 2.10. The van der Waals surface area contributed by atoms with E-state index in [1.54, 1.807) is 30.6 Å². The van der Waals surface area contributed by atoms with E-state index in [9.17, 15) is 9.59 Å². The molecule has 0 saturated carbocycles. The summed E-state index contributed by atoms with van der Waals surface area (Å²) in [5.74, 6) is -0.472. The van der Waals surface area contributed by atoms with Gasteiger partial charge in [0.1, 0.15) is 0 Å². The molecular weight excluding hydrogens is 294 g/mol. The predicted molar refractivity (Wildman–Crippen MR) is 87.0 cm³/mol. The highest BCUT2D eigenvalue weighted by Crippen LogP contribution is 2.15. The molecule has 0 atom stereocenters. The molecule has 1 aromatic carbocycles. The van der Waals surface area contributed by atoms with Gasteiger partial charge in [0.2, 0.25) is 5.91 Å². The summed E-state index contributed by atoms with van der Waals surface area (Å²) in [7, 11) is 1.34. The topological polar surface area (TPSA) is 80.3 Å². The van der Waals surface area contributed by atoms with Gasteiger partial charge in [-0.25, -0.2) is 4.79 Å². The lowest BCUT2D eigenvalue weighted by atomic mass is 10.2. The minimum absolute atomic E-state index is 0.0649. The summed E-state index contributed by atoms with van der Waals surface area (Å²) in [6.07, 6.45) is 3.68. The Morgan fingerprint density at radius 3 is 2.61 bits per heavy atom. The Labute approximate surface area is 134 Å². The predicted octanol–water partition coefficient (Wildman–Crippen LogP) is 1.99. The third kappa shape index (κ3) is 5.10. The highest BCUT2D eigenvalue weighted by molar-refractivity contribution is 5.95.